The number of carboxylic acid groups (broad SMARTS) is 1. The van der Waals surface area contributed by atoms with Gasteiger partial charge in [-0.15, -0.1) is 12.4 Å². The van der Waals surface area contributed by atoms with Crippen LogP contribution in [-0.4, -0.2) is 29.3 Å². The van der Waals surface area contributed by atoms with E-state index in [1.54, 1.807) is 0 Å². The Morgan fingerprint density at radius 1 is 0.957 bits per heavy atom. The summed E-state index contributed by atoms with van der Waals surface area (Å²) in [5.41, 5.74) is 1.66. The first-order chi connectivity index (χ1) is 10.7. The molecule has 0 spiro atoms. The zero-order valence-electron chi connectivity index (χ0n) is 12.8. The number of carbonyl (C=O) groups is 1. The fourth-order valence-corrected chi connectivity index (χ4v) is 2.40. The standard InChI is InChI=1S/C18H21NO3.ClH/c20-17(15-9-5-2-6-10-15)13-19-12-11-16(18(21)22)14-7-3-1-4-8-14;/h1-10,16-17,19-20H,11-13H2,(H,21,22);1H/t16-,17?;/m1./s1. The van der Waals surface area contributed by atoms with Crippen LogP contribution in [0.2, 0.25) is 0 Å². The normalized spacial score (nSPS) is 12.9. The molecule has 2 aromatic carbocycles. The number of aliphatic hydroxyl groups is 1. The van der Waals surface area contributed by atoms with Gasteiger partial charge >= 0.3 is 5.97 Å². The molecule has 1 unspecified atom stereocenters. The number of hydrogen-bond donors (Lipinski definition) is 3. The molecule has 0 radical (unpaired) electrons. The van der Waals surface area contributed by atoms with Crippen molar-refractivity contribution < 1.29 is 15.0 Å². The molecule has 124 valence electrons. The van der Waals surface area contributed by atoms with Crippen LogP contribution in [0.5, 0.6) is 0 Å². The highest BCUT2D eigenvalue weighted by Gasteiger charge is 2.19. The molecule has 0 saturated carbocycles. The molecule has 0 heterocycles. The molecule has 0 aliphatic heterocycles. The molecule has 23 heavy (non-hydrogen) atoms. The highest BCUT2D eigenvalue weighted by atomic mass is 35.5. The van der Waals surface area contributed by atoms with Crippen LogP contribution in [-0.2, 0) is 4.79 Å². The summed E-state index contributed by atoms with van der Waals surface area (Å²) in [7, 11) is 0. The van der Waals surface area contributed by atoms with E-state index in [1.165, 1.54) is 0 Å². The van der Waals surface area contributed by atoms with Gasteiger partial charge in [-0.2, -0.15) is 0 Å². The van der Waals surface area contributed by atoms with Crippen molar-refractivity contribution >= 4 is 18.4 Å². The highest BCUT2D eigenvalue weighted by molar-refractivity contribution is 5.85. The van der Waals surface area contributed by atoms with Gasteiger partial charge in [-0.05, 0) is 24.1 Å². The topological polar surface area (TPSA) is 69.6 Å². The zero-order valence-corrected chi connectivity index (χ0v) is 13.6. The first kappa shape index (κ1) is 19.2. The molecule has 0 saturated heterocycles. The summed E-state index contributed by atoms with van der Waals surface area (Å²) in [4.78, 5) is 11.4. The lowest BCUT2D eigenvalue weighted by atomic mass is 9.96. The average molecular weight is 336 g/mol. The fraction of sp³-hybridized carbons (Fsp3) is 0.278. The van der Waals surface area contributed by atoms with Gasteiger partial charge in [0.1, 0.15) is 0 Å². The molecule has 0 aliphatic rings. The second kappa shape index (κ2) is 10.0. The van der Waals surface area contributed by atoms with Crippen LogP contribution in [0.25, 0.3) is 0 Å². The second-order valence-electron chi connectivity index (χ2n) is 5.22. The van der Waals surface area contributed by atoms with Gasteiger partial charge in [0.15, 0.2) is 0 Å². The largest absolute Gasteiger partial charge is 0.481 e. The molecule has 0 amide bonds. The number of benzene rings is 2. The third kappa shape index (κ3) is 6.02. The Balaban J connectivity index is 0.00000264. The number of rotatable bonds is 8. The molecule has 2 atom stereocenters. The van der Waals surface area contributed by atoms with Crippen LogP contribution in [0, 0.1) is 0 Å². The van der Waals surface area contributed by atoms with Gasteiger partial charge < -0.3 is 15.5 Å². The first-order valence-electron chi connectivity index (χ1n) is 7.40. The summed E-state index contributed by atoms with van der Waals surface area (Å²) in [5.74, 6) is -1.35. The number of aliphatic hydroxyl groups excluding tert-OH is 1. The maximum atomic E-state index is 11.4. The molecule has 5 heteroatoms. The van der Waals surface area contributed by atoms with Gasteiger partial charge in [-0.1, -0.05) is 60.7 Å². The molecule has 0 aromatic heterocycles. The van der Waals surface area contributed by atoms with Crippen LogP contribution in [0.1, 0.15) is 29.6 Å². The van der Waals surface area contributed by atoms with E-state index in [0.717, 1.165) is 11.1 Å². The quantitative estimate of drug-likeness (QED) is 0.649. The van der Waals surface area contributed by atoms with Gasteiger partial charge in [0.25, 0.3) is 0 Å². The molecular formula is C18H22ClNO3. The van der Waals surface area contributed by atoms with E-state index in [4.69, 9.17) is 0 Å². The SMILES string of the molecule is Cl.O=C(O)[C@H](CCNCC(O)c1ccccc1)c1ccccc1. The Morgan fingerprint density at radius 2 is 1.48 bits per heavy atom. The first-order valence-corrected chi connectivity index (χ1v) is 7.40. The summed E-state index contributed by atoms with van der Waals surface area (Å²) in [6, 6.07) is 18.6. The van der Waals surface area contributed by atoms with Crippen LogP contribution in [0.4, 0.5) is 0 Å². The number of hydrogen-bond acceptors (Lipinski definition) is 3. The lowest BCUT2D eigenvalue weighted by molar-refractivity contribution is -0.138. The van der Waals surface area contributed by atoms with E-state index < -0.39 is 18.0 Å². The summed E-state index contributed by atoms with van der Waals surface area (Å²) in [6.07, 6.45) is -0.0953. The Hall–Kier alpha value is -1.88. The summed E-state index contributed by atoms with van der Waals surface area (Å²) >= 11 is 0. The van der Waals surface area contributed by atoms with Crippen LogP contribution in [0.3, 0.4) is 0 Å². The minimum absolute atomic E-state index is 0. The minimum atomic E-state index is -0.823. The predicted molar refractivity (Wildman–Crippen MR) is 93.0 cm³/mol. The molecule has 2 rings (SSSR count). The smallest absolute Gasteiger partial charge is 0.311 e. The lowest BCUT2D eigenvalue weighted by Crippen LogP contribution is -2.25. The van der Waals surface area contributed by atoms with Gasteiger partial charge in [-0.3, -0.25) is 4.79 Å². The molecule has 3 N–H and O–H groups in total. The zero-order chi connectivity index (χ0) is 15.8. The summed E-state index contributed by atoms with van der Waals surface area (Å²) in [5, 5.41) is 22.5. The van der Waals surface area contributed by atoms with E-state index in [2.05, 4.69) is 5.32 Å². The van der Waals surface area contributed by atoms with E-state index in [1.807, 2.05) is 60.7 Å². The van der Waals surface area contributed by atoms with Crippen molar-refractivity contribution in [3.63, 3.8) is 0 Å². The second-order valence-corrected chi connectivity index (χ2v) is 5.22. The van der Waals surface area contributed by atoms with Crippen LogP contribution < -0.4 is 5.32 Å². The number of aliphatic carboxylic acids is 1. The van der Waals surface area contributed by atoms with E-state index in [0.29, 0.717) is 19.5 Å². The maximum absolute atomic E-state index is 11.4. The molecule has 2 aromatic rings. The Kier molecular flexibility index (Phi) is 8.33. The van der Waals surface area contributed by atoms with Gasteiger partial charge in [0, 0.05) is 6.54 Å². The van der Waals surface area contributed by atoms with Crippen molar-refractivity contribution in [2.45, 2.75) is 18.4 Å². The van der Waals surface area contributed by atoms with E-state index in [9.17, 15) is 15.0 Å². The monoisotopic (exact) mass is 335 g/mol. The Labute approximate surface area is 142 Å². The maximum Gasteiger partial charge on any atom is 0.311 e. The van der Waals surface area contributed by atoms with Crippen molar-refractivity contribution in [2.24, 2.45) is 0 Å². The summed E-state index contributed by atoms with van der Waals surface area (Å²) in [6.45, 7) is 0.945. The Morgan fingerprint density at radius 3 is 2.00 bits per heavy atom. The molecule has 0 bridgehead atoms. The highest BCUT2D eigenvalue weighted by Crippen LogP contribution is 2.19. The van der Waals surface area contributed by atoms with E-state index >= 15 is 0 Å². The predicted octanol–water partition coefficient (Wildman–Crippen LogP) is 2.99. The van der Waals surface area contributed by atoms with Gasteiger partial charge in [-0.25, -0.2) is 0 Å². The number of halogens is 1. The van der Waals surface area contributed by atoms with Crippen molar-refractivity contribution in [1.29, 1.82) is 0 Å². The molecule has 0 aliphatic carbocycles. The molecule has 0 fully saturated rings. The van der Waals surface area contributed by atoms with Gasteiger partial charge in [0.2, 0.25) is 0 Å². The van der Waals surface area contributed by atoms with Crippen molar-refractivity contribution in [1.82, 2.24) is 5.32 Å². The fourth-order valence-electron chi connectivity index (χ4n) is 2.40. The molecular weight excluding hydrogens is 314 g/mol. The third-order valence-corrected chi connectivity index (χ3v) is 3.63. The van der Waals surface area contributed by atoms with E-state index in [-0.39, 0.29) is 12.4 Å². The number of nitrogens with one attached hydrogen (secondary N) is 1. The minimum Gasteiger partial charge on any atom is -0.481 e. The molecule has 4 nitrogen and oxygen atoms in total. The number of carboxylic acids is 1. The summed E-state index contributed by atoms with van der Waals surface area (Å²) < 4.78 is 0. The van der Waals surface area contributed by atoms with Gasteiger partial charge in [0.05, 0.1) is 12.0 Å². The third-order valence-electron chi connectivity index (χ3n) is 3.63. The van der Waals surface area contributed by atoms with Crippen molar-refractivity contribution in [3.05, 3.63) is 71.8 Å². The lowest BCUT2D eigenvalue weighted by Gasteiger charge is -2.15. The Bertz CT molecular complexity index is 577. The van der Waals surface area contributed by atoms with Crippen LogP contribution >= 0.6 is 12.4 Å². The average Bonchev–Trinajstić information content (AvgIpc) is 2.56. The van der Waals surface area contributed by atoms with Crippen molar-refractivity contribution in [2.75, 3.05) is 13.1 Å². The van der Waals surface area contributed by atoms with Crippen LogP contribution in [0.15, 0.2) is 60.7 Å². The van der Waals surface area contributed by atoms with Crippen molar-refractivity contribution in [3.8, 4) is 0 Å².